The Morgan fingerprint density at radius 1 is 1.13 bits per heavy atom. The first-order valence-electron chi connectivity index (χ1n) is 9.55. The number of carbonyl (C=O) groups excluding carboxylic acids is 1. The highest BCUT2D eigenvalue weighted by atomic mass is 19.4. The summed E-state index contributed by atoms with van der Waals surface area (Å²) in [5.74, 6) is -0.766. The van der Waals surface area contributed by atoms with Gasteiger partial charge in [-0.25, -0.2) is 14.1 Å². The van der Waals surface area contributed by atoms with Gasteiger partial charge in [0.2, 0.25) is 0 Å². The molecule has 1 amide bonds. The van der Waals surface area contributed by atoms with E-state index < -0.39 is 17.6 Å². The molecular formula is C21H18F4N4O2. The Kier molecular flexibility index (Phi) is 5.48. The standard InChI is InChI=1S/C21H18F4N4O2/c22-16-9-14(8-15(11-16)21(23,24)25)7-13-1-3-26-19(10-13)29-18-2-4-28(5-6-30)20(31)17(18)12-27-29/h1,3,8-12,30H,2,4-7H2. The Balaban J connectivity index is 1.62. The average molecular weight is 434 g/mol. The van der Waals surface area contributed by atoms with Crippen LogP contribution in [0.3, 0.4) is 0 Å². The molecule has 0 aliphatic carbocycles. The third kappa shape index (κ3) is 4.29. The lowest BCUT2D eigenvalue weighted by Gasteiger charge is -2.26. The van der Waals surface area contributed by atoms with Crippen LogP contribution in [-0.2, 0) is 19.0 Å². The number of aliphatic hydroxyl groups is 1. The van der Waals surface area contributed by atoms with Gasteiger partial charge in [-0.2, -0.15) is 18.3 Å². The maximum Gasteiger partial charge on any atom is 0.416 e. The van der Waals surface area contributed by atoms with Crippen molar-refractivity contribution in [2.24, 2.45) is 0 Å². The highest BCUT2D eigenvalue weighted by Gasteiger charge is 2.31. The Labute approximate surface area is 174 Å². The smallest absolute Gasteiger partial charge is 0.395 e. The number of nitrogens with zero attached hydrogens (tertiary/aromatic N) is 4. The summed E-state index contributed by atoms with van der Waals surface area (Å²) in [7, 11) is 0. The van der Waals surface area contributed by atoms with E-state index >= 15 is 0 Å². The van der Waals surface area contributed by atoms with E-state index in [1.807, 2.05) is 0 Å². The first-order valence-corrected chi connectivity index (χ1v) is 9.55. The summed E-state index contributed by atoms with van der Waals surface area (Å²) in [5.41, 5.74) is 0.864. The second-order valence-corrected chi connectivity index (χ2v) is 7.23. The molecule has 4 rings (SSSR count). The van der Waals surface area contributed by atoms with Gasteiger partial charge in [0.1, 0.15) is 5.82 Å². The molecule has 3 heterocycles. The minimum Gasteiger partial charge on any atom is -0.395 e. The SMILES string of the molecule is O=C1c2cnn(-c3cc(Cc4cc(F)cc(C(F)(F)F)c4)ccn3)c2CCN1CCO. The molecule has 10 heteroatoms. The van der Waals surface area contributed by atoms with Crippen molar-refractivity contribution in [3.63, 3.8) is 0 Å². The van der Waals surface area contributed by atoms with Crippen molar-refractivity contribution in [2.75, 3.05) is 19.7 Å². The molecule has 1 aliphatic heterocycles. The molecule has 6 nitrogen and oxygen atoms in total. The van der Waals surface area contributed by atoms with Crippen molar-refractivity contribution in [3.05, 3.63) is 76.5 Å². The number of aliphatic hydroxyl groups excluding tert-OH is 1. The van der Waals surface area contributed by atoms with Crippen LogP contribution in [0.15, 0.2) is 42.7 Å². The van der Waals surface area contributed by atoms with E-state index in [9.17, 15) is 22.4 Å². The maximum absolute atomic E-state index is 13.7. The molecule has 0 unspecified atom stereocenters. The van der Waals surface area contributed by atoms with Crippen LogP contribution in [0.2, 0.25) is 0 Å². The molecule has 1 aliphatic rings. The number of carbonyl (C=O) groups is 1. The van der Waals surface area contributed by atoms with Gasteiger partial charge < -0.3 is 10.0 Å². The summed E-state index contributed by atoms with van der Waals surface area (Å²) < 4.78 is 54.1. The molecule has 162 valence electrons. The van der Waals surface area contributed by atoms with E-state index in [-0.39, 0.29) is 31.0 Å². The van der Waals surface area contributed by atoms with Gasteiger partial charge in [0.15, 0.2) is 5.82 Å². The topological polar surface area (TPSA) is 71.2 Å². The lowest BCUT2D eigenvalue weighted by atomic mass is 10.0. The van der Waals surface area contributed by atoms with Crippen LogP contribution in [-0.4, -0.2) is 50.4 Å². The molecule has 0 spiro atoms. The maximum atomic E-state index is 13.7. The Morgan fingerprint density at radius 3 is 2.68 bits per heavy atom. The number of benzene rings is 1. The minimum absolute atomic E-state index is 0.0724. The zero-order valence-electron chi connectivity index (χ0n) is 16.2. The Hall–Kier alpha value is -3.27. The van der Waals surface area contributed by atoms with Gasteiger partial charge in [-0.3, -0.25) is 4.79 Å². The molecule has 0 saturated heterocycles. The summed E-state index contributed by atoms with van der Waals surface area (Å²) in [6.07, 6.45) is -1.11. The van der Waals surface area contributed by atoms with E-state index in [1.54, 1.807) is 17.0 Å². The van der Waals surface area contributed by atoms with Crippen molar-refractivity contribution in [2.45, 2.75) is 19.0 Å². The zero-order valence-corrected chi connectivity index (χ0v) is 16.2. The number of alkyl halides is 3. The van der Waals surface area contributed by atoms with Gasteiger partial charge in [-0.1, -0.05) is 0 Å². The molecule has 2 aromatic heterocycles. The Morgan fingerprint density at radius 2 is 1.94 bits per heavy atom. The van der Waals surface area contributed by atoms with Crippen molar-refractivity contribution < 1.29 is 27.5 Å². The van der Waals surface area contributed by atoms with Crippen LogP contribution < -0.4 is 0 Å². The van der Waals surface area contributed by atoms with Crippen LogP contribution in [0.25, 0.3) is 5.82 Å². The van der Waals surface area contributed by atoms with Crippen LogP contribution in [0.4, 0.5) is 17.6 Å². The van der Waals surface area contributed by atoms with E-state index in [4.69, 9.17) is 5.11 Å². The molecule has 1 N–H and O–H groups in total. The number of aromatic nitrogens is 3. The highest BCUT2D eigenvalue weighted by molar-refractivity contribution is 5.96. The van der Waals surface area contributed by atoms with Crippen LogP contribution in [0.1, 0.15) is 32.7 Å². The van der Waals surface area contributed by atoms with Crippen LogP contribution >= 0.6 is 0 Å². The lowest BCUT2D eigenvalue weighted by Crippen LogP contribution is -2.39. The average Bonchev–Trinajstić information content (AvgIpc) is 3.14. The quantitative estimate of drug-likeness (QED) is 0.627. The number of β-amino-alcohol motifs (C(OH)–C–C–N with tert-alkyl or cyclic N) is 1. The summed E-state index contributed by atoms with van der Waals surface area (Å²) in [6.45, 7) is 0.543. The molecule has 3 aromatic rings. The van der Waals surface area contributed by atoms with E-state index in [2.05, 4.69) is 10.1 Å². The van der Waals surface area contributed by atoms with Crippen LogP contribution in [0.5, 0.6) is 0 Å². The molecule has 1 aromatic carbocycles. The van der Waals surface area contributed by atoms with E-state index in [0.717, 1.165) is 12.1 Å². The predicted molar refractivity (Wildman–Crippen MR) is 102 cm³/mol. The fourth-order valence-corrected chi connectivity index (χ4v) is 3.68. The summed E-state index contributed by atoms with van der Waals surface area (Å²) in [4.78, 5) is 18.3. The van der Waals surface area contributed by atoms with Crippen molar-refractivity contribution in [1.29, 1.82) is 0 Å². The van der Waals surface area contributed by atoms with Gasteiger partial charge in [0.05, 0.1) is 29.6 Å². The molecule has 0 atom stereocenters. The fourth-order valence-electron chi connectivity index (χ4n) is 3.68. The number of rotatable bonds is 5. The summed E-state index contributed by atoms with van der Waals surface area (Å²) in [5, 5.41) is 13.3. The van der Waals surface area contributed by atoms with E-state index in [0.29, 0.717) is 41.7 Å². The predicted octanol–water partition coefficient (Wildman–Crippen LogP) is 3.01. The zero-order chi connectivity index (χ0) is 22.2. The number of amides is 1. The van der Waals surface area contributed by atoms with Gasteiger partial charge in [0, 0.05) is 25.7 Å². The first-order chi connectivity index (χ1) is 14.8. The number of fused-ring (bicyclic) bond motifs is 1. The van der Waals surface area contributed by atoms with E-state index in [1.165, 1.54) is 17.1 Å². The van der Waals surface area contributed by atoms with Crippen molar-refractivity contribution in [1.82, 2.24) is 19.7 Å². The fraction of sp³-hybridized carbons (Fsp3) is 0.286. The first kappa shape index (κ1) is 21.0. The molecule has 0 radical (unpaired) electrons. The molecule has 0 fully saturated rings. The second kappa shape index (κ2) is 8.10. The number of hydrogen-bond acceptors (Lipinski definition) is 4. The molecule has 31 heavy (non-hydrogen) atoms. The van der Waals surface area contributed by atoms with Crippen molar-refractivity contribution in [3.8, 4) is 5.82 Å². The highest BCUT2D eigenvalue weighted by Crippen LogP contribution is 2.31. The molecule has 0 saturated carbocycles. The summed E-state index contributed by atoms with van der Waals surface area (Å²) >= 11 is 0. The van der Waals surface area contributed by atoms with Crippen LogP contribution in [0, 0.1) is 5.82 Å². The van der Waals surface area contributed by atoms with Gasteiger partial charge in [-0.05, 0) is 47.9 Å². The second-order valence-electron chi connectivity index (χ2n) is 7.23. The van der Waals surface area contributed by atoms with Crippen molar-refractivity contribution >= 4 is 5.91 Å². The number of pyridine rings is 1. The third-order valence-corrected chi connectivity index (χ3v) is 5.10. The number of halogens is 4. The Bertz CT molecular complexity index is 1130. The minimum atomic E-state index is -4.63. The largest absolute Gasteiger partial charge is 0.416 e. The molecular weight excluding hydrogens is 416 g/mol. The van der Waals surface area contributed by atoms with Gasteiger partial charge >= 0.3 is 6.18 Å². The summed E-state index contributed by atoms with van der Waals surface area (Å²) in [6, 6.07) is 5.74. The third-order valence-electron chi connectivity index (χ3n) is 5.10. The monoisotopic (exact) mass is 434 g/mol. The normalized spacial score (nSPS) is 14.1. The lowest BCUT2D eigenvalue weighted by molar-refractivity contribution is -0.137. The molecule has 0 bridgehead atoms. The van der Waals surface area contributed by atoms with Gasteiger partial charge in [0.25, 0.3) is 5.91 Å². The number of hydrogen-bond donors (Lipinski definition) is 1. The van der Waals surface area contributed by atoms with Gasteiger partial charge in [-0.15, -0.1) is 0 Å².